The Morgan fingerprint density at radius 2 is 1.90 bits per heavy atom. The van der Waals surface area contributed by atoms with Crippen molar-refractivity contribution >= 4 is 0 Å². The van der Waals surface area contributed by atoms with Crippen molar-refractivity contribution in [2.24, 2.45) is 0 Å². The van der Waals surface area contributed by atoms with Gasteiger partial charge in [0.25, 0.3) is 0 Å². The average Bonchev–Trinajstić information content (AvgIpc) is 2.41. The topological polar surface area (TPSA) is 20.2 Å². The van der Waals surface area contributed by atoms with Crippen molar-refractivity contribution in [2.75, 3.05) is 0 Å². The van der Waals surface area contributed by atoms with Crippen LogP contribution in [-0.4, -0.2) is 11.2 Å². The van der Waals surface area contributed by atoms with E-state index in [9.17, 15) is 13.9 Å². The van der Waals surface area contributed by atoms with E-state index < -0.39 is 17.7 Å². The molecule has 0 spiro atoms. The van der Waals surface area contributed by atoms with Gasteiger partial charge in [-0.25, -0.2) is 8.78 Å². The zero-order valence-electron chi connectivity index (χ0n) is 11.0. The fourth-order valence-corrected chi connectivity index (χ4v) is 2.94. The van der Waals surface area contributed by atoms with Crippen LogP contribution in [0, 0.1) is 11.6 Å². The first-order valence-electron chi connectivity index (χ1n) is 6.84. The molecule has 0 radical (unpaired) electrons. The summed E-state index contributed by atoms with van der Waals surface area (Å²) >= 11 is 0. The Hall–Kier alpha value is -1.74. The summed E-state index contributed by atoms with van der Waals surface area (Å²) in [6, 6.07) is 12.2. The molecule has 0 saturated heterocycles. The standard InChI is InChI=1S/C17H16F2O/c18-16-7-3-5-12(17(16)19)9-14(20)10-13-8-11-4-1-2-6-15(11)13/h1-7,13-14,20H,8-10H2. The van der Waals surface area contributed by atoms with E-state index in [4.69, 9.17) is 0 Å². The molecule has 20 heavy (non-hydrogen) atoms. The van der Waals surface area contributed by atoms with E-state index in [1.165, 1.54) is 23.3 Å². The van der Waals surface area contributed by atoms with Crippen molar-refractivity contribution in [2.45, 2.75) is 31.3 Å². The van der Waals surface area contributed by atoms with Gasteiger partial charge in [0.1, 0.15) is 0 Å². The molecule has 0 bridgehead atoms. The minimum Gasteiger partial charge on any atom is -0.393 e. The molecule has 104 valence electrons. The molecule has 1 nitrogen and oxygen atoms in total. The fourth-order valence-electron chi connectivity index (χ4n) is 2.94. The van der Waals surface area contributed by atoms with Gasteiger partial charge in [0.2, 0.25) is 0 Å². The van der Waals surface area contributed by atoms with Crippen LogP contribution >= 0.6 is 0 Å². The first-order chi connectivity index (χ1) is 9.65. The third-order valence-corrected chi connectivity index (χ3v) is 4.00. The number of hydrogen-bond acceptors (Lipinski definition) is 1. The highest BCUT2D eigenvalue weighted by Gasteiger charge is 2.27. The normalized spacial score (nSPS) is 18.2. The molecule has 0 amide bonds. The first kappa shape index (κ1) is 13.3. The molecule has 0 aliphatic heterocycles. The molecule has 2 aromatic rings. The highest BCUT2D eigenvalue weighted by molar-refractivity contribution is 5.39. The maximum atomic E-state index is 13.5. The minimum absolute atomic E-state index is 0.155. The monoisotopic (exact) mass is 274 g/mol. The van der Waals surface area contributed by atoms with Gasteiger partial charge in [-0.05, 0) is 41.5 Å². The largest absolute Gasteiger partial charge is 0.393 e. The molecule has 2 aromatic carbocycles. The molecular weight excluding hydrogens is 258 g/mol. The van der Waals surface area contributed by atoms with Crippen molar-refractivity contribution in [3.8, 4) is 0 Å². The summed E-state index contributed by atoms with van der Waals surface area (Å²) in [4.78, 5) is 0. The zero-order valence-corrected chi connectivity index (χ0v) is 11.0. The summed E-state index contributed by atoms with van der Waals surface area (Å²) in [6.07, 6.45) is 1.05. The van der Waals surface area contributed by atoms with Crippen molar-refractivity contribution in [1.82, 2.24) is 0 Å². The third kappa shape index (κ3) is 2.46. The second-order valence-electron chi connectivity index (χ2n) is 5.41. The lowest BCUT2D eigenvalue weighted by Crippen LogP contribution is -2.23. The van der Waals surface area contributed by atoms with Gasteiger partial charge in [0.15, 0.2) is 11.6 Å². The van der Waals surface area contributed by atoms with Gasteiger partial charge in [-0.2, -0.15) is 0 Å². The zero-order chi connectivity index (χ0) is 14.1. The van der Waals surface area contributed by atoms with Crippen molar-refractivity contribution < 1.29 is 13.9 Å². The van der Waals surface area contributed by atoms with Crippen LogP contribution in [0.25, 0.3) is 0 Å². The van der Waals surface area contributed by atoms with Gasteiger partial charge in [0.05, 0.1) is 6.10 Å². The minimum atomic E-state index is -0.858. The molecule has 2 atom stereocenters. The van der Waals surface area contributed by atoms with Crippen LogP contribution in [0.3, 0.4) is 0 Å². The summed E-state index contributed by atoms with van der Waals surface area (Å²) in [7, 11) is 0. The summed E-state index contributed by atoms with van der Waals surface area (Å²) in [5.74, 6) is -1.37. The third-order valence-electron chi connectivity index (χ3n) is 4.00. The SMILES string of the molecule is OC(Cc1cccc(F)c1F)CC1Cc2ccccc21. The molecule has 1 N–H and O–H groups in total. The fraction of sp³-hybridized carbons (Fsp3) is 0.294. The number of aliphatic hydroxyl groups excluding tert-OH is 1. The van der Waals surface area contributed by atoms with Gasteiger partial charge in [-0.15, -0.1) is 0 Å². The molecule has 0 saturated carbocycles. The van der Waals surface area contributed by atoms with Crippen LogP contribution in [0.5, 0.6) is 0 Å². The second kappa shape index (κ2) is 5.33. The Kier molecular flexibility index (Phi) is 3.53. The highest BCUT2D eigenvalue weighted by atomic mass is 19.2. The van der Waals surface area contributed by atoms with E-state index >= 15 is 0 Å². The number of benzene rings is 2. The van der Waals surface area contributed by atoms with Gasteiger partial charge in [0, 0.05) is 6.42 Å². The Labute approximate surface area is 116 Å². The van der Waals surface area contributed by atoms with E-state index in [2.05, 4.69) is 12.1 Å². The number of halogens is 2. The Morgan fingerprint density at radius 3 is 2.70 bits per heavy atom. The molecule has 3 heteroatoms. The molecule has 0 aromatic heterocycles. The van der Waals surface area contributed by atoms with Crippen molar-refractivity contribution in [3.63, 3.8) is 0 Å². The molecule has 3 rings (SSSR count). The molecule has 0 fully saturated rings. The predicted octanol–water partition coefficient (Wildman–Crippen LogP) is 3.60. The van der Waals surface area contributed by atoms with E-state index in [1.54, 1.807) is 0 Å². The molecule has 2 unspecified atom stereocenters. The predicted molar refractivity (Wildman–Crippen MR) is 73.6 cm³/mol. The maximum Gasteiger partial charge on any atom is 0.162 e. The molecular formula is C17H16F2O. The summed E-state index contributed by atoms with van der Waals surface area (Å²) in [5.41, 5.74) is 2.83. The lowest BCUT2D eigenvalue weighted by Gasteiger charge is -2.31. The molecule has 1 aliphatic carbocycles. The summed E-state index contributed by atoms with van der Waals surface area (Å²) in [6.45, 7) is 0. The van der Waals surface area contributed by atoms with Crippen LogP contribution < -0.4 is 0 Å². The Bertz CT molecular complexity index is 624. The van der Waals surface area contributed by atoms with E-state index in [-0.39, 0.29) is 12.0 Å². The van der Waals surface area contributed by atoms with Gasteiger partial charge in [-0.1, -0.05) is 36.4 Å². The van der Waals surface area contributed by atoms with E-state index in [0.29, 0.717) is 12.3 Å². The lowest BCUT2D eigenvalue weighted by atomic mass is 9.74. The first-order valence-corrected chi connectivity index (χ1v) is 6.84. The Morgan fingerprint density at radius 1 is 1.10 bits per heavy atom. The number of aliphatic hydroxyl groups is 1. The quantitative estimate of drug-likeness (QED) is 0.903. The second-order valence-corrected chi connectivity index (χ2v) is 5.41. The smallest absolute Gasteiger partial charge is 0.162 e. The van der Waals surface area contributed by atoms with Crippen LogP contribution in [0.1, 0.15) is 29.0 Å². The Balaban J connectivity index is 1.64. The molecule has 1 aliphatic rings. The van der Waals surface area contributed by atoms with E-state index in [0.717, 1.165) is 12.5 Å². The average molecular weight is 274 g/mol. The van der Waals surface area contributed by atoms with Gasteiger partial charge < -0.3 is 5.11 Å². The van der Waals surface area contributed by atoms with Crippen molar-refractivity contribution in [3.05, 3.63) is 70.8 Å². The molecule has 0 heterocycles. The van der Waals surface area contributed by atoms with Crippen LogP contribution in [0.15, 0.2) is 42.5 Å². The maximum absolute atomic E-state index is 13.5. The van der Waals surface area contributed by atoms with Crippen molar-refractivity contribution in [1.29, 1.82) is 0 Å². The lowest BCUT2D eigenvalue weighted by molar-refractivity contribution is 0.150. The summed E-state index contributed by atoms with van der Waals surface area (Å²) < 4.78 is 26.7. The number of fused-ring (bicyclic) bond motifs is 1. The number of hydrogen-bond donors (Lipinski definition) is 1. The highest BCUT2D eigenvalue weighted by Crippen LogP contribution is 2.38. The summed E-state index contributed by atoms with van der Waals surface area (Å²) in [5, 5.41) is 10.1. The van der Waals surface area contributed by atoms with Crippen LogP contribution in [-0.2, 0) is 12.8 Å². The van der Waals surface area contributed by atoms with Crippen LogP contribution in [0.4, 0.5) is 8.78 Å². The van der Waals surface area contributed by atoms with Gasteiger partial charge in [-0.3, -0.25) is 0 Å². The van der Waals surface area contributed by atoms with Crippen LogP contribution in [0.2, 0.25) is 0 Å². The van der Waals surface area contributed by atoms with Gasteiger partial charge >= 0.3 is 0 Å². The number of rotatable bonds is 4. The van der Waals surface area contributed by atoms with E-state index in [1.807, 2.05) is 12.1 Å².